The second-order valence-electron chi connectivity index (χ2n) is 5.14. The van der Waals surface area contributed by atoms with Crippen LogP contribution in [-0.2, 0) is 0 Å². The fraction of sp³-hybridized carbons (Fsp3) is 0.375. The molecule has 6 nitrogen and oxygen atoms in total. The van der Waals surface area contributed by atoms with E-state index in [1.165, 1.54) is 4.90 Å². The van der Waals surface area contributed by atoms with Crippen molar-refractivity contribution in [3.63, 3.8) is 0 Å². The van der Waals surface area contributed by atoms with Crippen molar-refractivity contribution >= 4 is 22.8 Å². The van der Waals surface area contributed by atoms with Crippen molar-refractivity contribution in [2.24, 2.45) is 5.73 Å². The van der Waals surface area contributed by atoms with Gasteiger partial charge in [-0.2, -0.15) is 0 Å². The van der Waals surface area contributed by atoms with Gasteiger partial charge in [-0.3, -0.25) is 15.1 Å². The molecule has 1 amide bonds. The summed E-state index contributed by atoms with van der Waals surface area (Å²) in [4.78, 5) is 19.2. The van der Waals surface area contributed by atoms with Gasteiger partial charge in [0.15, 0.2) is 5.96 Å². The standard InChI is InChI=1S/C16H23N5O/c1-3-20(4-2)9-10-21(16(17)18)15(22)14-11-12-7-5-6-8-13(12)19-14/h5-8,11,19H,3-4,9-10H2,1-2H3,(H3,17,18). The van der Waals surface area contributed by atoms with Crippen molar-refractivity contribution in [3.8, 4) is 0 Å². The van der Waals surface area contributed by atoms with E-state index in [1.54, 1.807) is 6.07 Å². The number of carbonyl (C=O) groups is 1. The Kier molecular flexibility index (Phi) is 5.16. The molecule has 2 rings (SSSR count). The number of nitrogens with one attached hydrogen (secondary N) is 2. The van der Waals surface area contributed by atoms with Crippen LogP contribution in [0.1, 0.15) is 24.3 Å². The van der Waals surface area contributed by atoms with Crippen molar-refractivity contribution in [1.29, 1.82) is 5.41 Å². The number of hydrogen-bond acceptors (Lipinski definition) is 3. The van der Waals surface area contributed by atoms with Crippen molar-refractivity contribution in [1.82, 2.24) is 14.8 Å². The topological polar surface area (TPSA) is 89.2 Å². The zero-order chi connectivity index (χ0) is 16.1. The minimum Gasteiger partial charge on any atom is -0.370 e. The number of nitrogens with two attached hydrogens (primary N) is 1. The predicted octanol–water partition coefficient (Wildman–Crippen LogP) is 1.85. The van der Waals surface area contributed by atoms with E-state index in [9.17, 15) is 4.79 Å². The molecule has 1 aromatic heterocycles. The molecule has 0 aliphatic carbocycles. The molecule has 2 aromatic rings. The molecule has 0 saturated heterocycles. The average molecular weight is 301 g/mol. The van der Waals surface area contributed by atoms with Gasteiger partial charge in [0.1, 0.15) is 5.69 Å². The summed E-state index contributed by atoms with van der Waals surface area (Å²) in [5, 5.41) is 8.65. The molecule has 0 fully saturated rings. The molecular formula is C16H23N5O. The first-order valence-electron chi connectivity index (χ1n) is 7.52. The maximum atomic E-state index is 12.6. The summed E-state index contributed by atoms with van der Waals surface area (Å²) < 4.78 is 0. The molecule has 0 unspecified atom stereocenters. The van der Waals surface area contributed by atoms with Gasteiger partial charge < -0.3 is 15.6 Å². The summed E-state index contributed by atoms with van der Waals surface area (Å²) in [7, 11) is 0. The molecule has 1 heterocycles. The number of fused-ring (bicyclic) bond motifs is 1. The molecule has 0 aliphatic rings. The Labute approximate surface area is 130 Å². The van der Waals surface area contributed by atoms with E-state index >= 15 is 0 Å². The summed E-state index contributed by atoms with van der Waals surface area (Å²) in [5.74, 6) is -0.494. The van der Waals surface area contributed by atoms with Crippen LogP contribution in [0.4, 0.5) is 0 Å². The quantitative estimate of drug-likeness (QED) is 0.562. The lowest BCUT2D eigenvalue weighted by Crippen LogP contribution is -2.45. The third kappa shape index (κ3) is 3.46. The predicted molar refractivity (Wildman–Crippen MR) is 89.0 cm³/mol. The molecular weight excluding hydrogens is 278 g/mol. The van der Waals surface area contributed by atoms with Crippen molar-refractivity contribution in [3.05, 3.63) is 36.0 Å². The number of aromatic nitrogens is 1. The molecule has 1 aromatic carbocycles. The highest BCUT2D eigenvalue weighted by molar-refractivity contribution is 6.05. The third-order valence-electron chi connectivity index (χ3n) is 3.83. The highest BCUT2D eigenvalue weighted by atomic mass is 16.2. The maximum absolute atomic E-state index is 12.6. The number of hydrogen-bond donors (Lipinski definition) is 3. The Morgan fingerprint density at radius 3 is 2.50 bits per heavy atom. The van der Waals surface area contributed by atoms with E-state index in [-0.39, 0.29) is 11.9 Å². The van der Waals surface area contributed by atoms with E-state index in [4.69, 9.17) is 11.1 Å². The van der Waals surface area contributed by atoms with Crippen LogP contribution < -0.4 is 5.73 Å². The van der Waals surface area contributed by atoms with Crippen LogP contribution in [0, 0.1) is 5.41 Å². The number of guanidine groups is 1. The Hall–Kier alpha value is -2.34. The average Bonchev–Trinajstić information content (AvgIpc) is 2.95. The van der Waals surface area contributed by atoms with E-state index in [1.807, 2.05) is 24.3 Å². The number of benzene rings is 1. The van der Waals surface area contributed by atoms with E-state index in [2.05, 4.69) is 23.7 Å². The van der Waals surface area contributed by atoms with Crippen LogP contribution in [0.5, 0.6) is 0 Å². The first-order chi connectivity index (χ1) is 10.6. The molecule has 0 radical (unpaired) electrons. The van der Waals surface area contributed by atoms with Crippen LogP contribution in [0.2, 0.25) is 0 Å². The molecule has 0 saturated carbocycles. The first-order valence-corrected chi connectivity index (χ1v) is 7.52. The molecule has 0 spiro atoms. The molecule has 0 atom stereocenters. The van der Waals surface area contributed by atoms with Gasteiger partial charge in [0.2, 0.25) is 0 Å². The van der Waals surface area contributed by atoms with Gasteiger partial charge in [-0.05, 0) is 25.2 Å². The monoisotopic (exact) mass is 301 g/mol. The van der Waals surface area contributed by atoms with Crippen LogP contribution in [0.3, 0.4) is 0 Å². The van der Waals surface area contributed by atoms with Gasteiger partial charge in [-0.1, -0.05) is 32.0 Å². The summed E-state index contributed by atoms with van der Waals surface area (Å²) in [6.07, 6.45) is 0. The lowest BCUT2D eigenvalue weighted by molar-refractivity contribution is 0.0828. The van der Waals surface area contributed by atoms with Gasteiger partial charge in [0, 0.05) is 24.0 Å². The normalized spacial score (nSPS) is 11.0. The van der Waals surface area contributed by atoms with Gasteiger partial charge in [0.05, 0.1) is 0 Å². The second kappa shape index (κ2) is 7.09. The smallest absolute Gasteiger partial charge is 0.277 e. The van der Waals surface area contributed by atoms with E-state index in [0.717, 1.165) is 24.0 Å². The third-order valence-corrected chi connectivity index (χ3v) is 3.83. The zero-order valence-corrected chi connectivity index (χ0v) is 13.1. The van der Waals surface area contributed by atoms with Crippen LogP contribution in [0.25, 0.3) is 10.9 Å². The lowest BCUT2D eigenvalue weighted by Gasteiger charge is -2.24. The van der Waals surface area contributed by atoms with Crippen molar-refractivity contribution < 1.29 is 4.79 Å². The van der Waals surface area contributed by atoms with Gasteiger partial charge >= 0.3 is 0 Å². The summed E-state index contributed by atoms with van der Waals surface area (Å²) in [6, 6.07) is 9.49. The summed E-state index contributed by atoms with van der Waals surface area (Å²) in [6.45, 7) is 7.05. The van der Waals surface area contributed by atoms with E-state index in [0.29, 0.717) is 18.8 Å². The summed E-state index contributed by atoms with van der Waals surface area (Å²) >= 11 is 0. The van der Waals surface area contributed by atoms with Crippen molar-refractivity contribution in [2.45, 2.75) is 13.8 Å². The molecule has 4 N–H and O–H groups in total. The molecule has 22 heavy (non-hydrogen) atoms. The number of likely N-dealkylation sites (N-methyl/N-ethyl adjacent to an activating group) is 1. The Balaban J connectivity index is 2.17. The van der Waals surface area contributed by atoms with Crippen LogP contribution >= 0.6 is 0 Å². The fourth-order valence-corrected chi connectivity index (χ4v) is 2.45. The Morgan fingerprint density at radius 1 is 1.23 bits per heavy atom. The van der Waals surface area contributed by atoms with E-state index < -0.39 is 0 Å². The van der Waals surface area contributed by atoms with Gasteiger partial charge in [0.25, 0.3) is 5.91 Å². The Bertz CT molecular complexity index is 626. The molecule has 6 heteroatoms. The second-order valence-corrected chi connectivity index (χ2v) is 5.14. The minimum absolute atomic E-state index is 0.226. The zero-order valence-electron chi connectivity index (χ0n) is 13.1. The SMILES string of the molecule is CCN(CC)CCN(C(=N)N)C(=O)c1cc2ccccc2[nH]1. The number of carbonyl (C=O) groups excluding carboxylic acids is 1. The number of H-pyrrole nitrogens is 1. The fourth-order valence-electron chi connectivity index (χ4n) is 2.45. The maximum Gasteiger partial charge on any atom is 0.277 e. The summed E-state index contributed by atoms with van der Waals surface area (Å²) in [5.41, 5.74) is 6.95. The largest absolute Gasteiger partial charge is 0.370 e. The van der Waals surface area contributed by atoms with Gasteiger partial charge in [-0.25, -0.2) is 0 Å². The first kappa shape index (κ1) is 16.0. The van der Waals surface area contributed by atoms with Crippen LogP contribution in [-0.4, -0.2) is 52.8 Å². The number of aromatic amines is 1. The number of nitrogens with zero attached hydrogens (tertiary/aromatic N) is 2. The van der Waals surface area contributed by atoms with Crippen LogP contribution in [0.15, 0.2) is 30.3 Å². The number of rotatable bonds is 6. The highest BCUT2D eigenvalue weighted by Gasteiger charge is 2.20. The van der Waals surface area contributed by atoms with Gasteiger partial charge in [-0.15, -0.1) is 0 Å². The number of para-hydroxylation sites is 1. The molecule has 118 valence electrons. The lowest BCUT2D eigenvalue weighted by atomic mass is 10.2. The molecule has 0 bridgehead atoms. The Morgan fingerprint density at radius 2 is 1.91 bits per heavy atom. The minimum atomic E-state index is -0.268. The number of amides is 1. The van der Waals surface area contributed by atoms with Crippen molar-refractivity contribution in [2.75, 3.05) is 26.2 Å². The highest BCUT2D eigenvalue weighted by Crippen LogP contribution is 2.16. The molecule has 0 aliphatic heterocycles.